The molecule has 1 N–H and O–H groups in total. The summed E-state index contributed by atoms with van der Waals surface area (Å²) in [4.78, 5) is 28.2. The molecule has 23 heavy (non-hydrogen) atoms. The van der Waals surface area contributed by atoms with Gasteiger partial charge in [0.2, 0.25) is 5.91 Å². The van der Waals surface area contributed by atoms with Gasteiger partial charge in [-0.25, -0.2) is 0 Å². The number of carboxylic acid groups (broad SMARTS) is 1. The summed E-state index contributed by atoms with van der Waals surface area (Å²) >= 11 is 0. The lowest BCUT2D eigenvalue weighted by atomic mass is 9.91. The molecule has 132 valence electrons. The van der Waals surface area contributed by atoms with Crippen LogP contribution in [0.25, 0.3) is 0 Å². The topological polar surface area (TPSA) is 60.9 Å². The van der Waals surface area contributed by atoms with Crippen LogP contribution < -0.4 is 0 Å². The largest absolute Gasteiger partial charge is 0.481 e. The number of hydrogen-bond acceptors (Lipinski definition) is 3. The highest BCUT2D eigenvalue weighted by atomic mass is 16.4. The number of carbonyl (C=O) groups is 2. The summed E-state index contributed by atoms with van der Waals surface area (Å²) in [5.74, 6) is 0.196. The van der Waals surface area contributed by atoms with Crippen LogP contribution in [0.3, 0.4) is 0 Å². The van der Waals surface area contributed by atoms with Crippen LogP contribution in [0, 0.1) is 11.8 Å². The molecule has 0 saturated carbocycles. The van der Waals surface area contributed by atoms with Crippen LogP contribution in [-0.4, -0.2) is 59.0 Å². The molecule has 2 rings (SSSR count). The van der Waals surface area contributed by atoms with Gasteiger partial charge in [-0.2, -0.15) is 0 Å². The van der Waals surface area contributed by atoms with E-state index in [4.69, 9.17) is 5.11 Å². The number of rotatable bonds is 6. The van der Waals surface area contributed by atoms with Crippen LogP contribution >= 0.6 is 0 Å². The maximum absolute atomic E-state index is 13.1. The van der Waals surface area contributed by atoms with Crippen LogP contribution in [0.5, 0.6) is 0 Å². The van der Waals surface area contributed by atoms with Crippen molar-refractivity contribution in [1.29, 1.82) is 0 Å². The van der Waals surface area contributed by atoms with Crippen molar-refractivity contribution in [3.63, 3.8) is 0 Å². The molecule has 2 fully saturated rings. The van der Waals surface area contributed by atoms with Crippen molar-refractivity contribution in [2.24, 2.45) is 11.8 Å². The van der Waals surface area contributed by atoms with Crippen molar-refractivity contribution >= 4 is 11.9 Å². The Morgan fingerprint density at radius 3 is 2.39 bits per heavy atom. The lowest BCUT2D eigenvalue weighted by Gasteiger charge is -2.41. The molecular weight excluding hydrogens is 292 g/mol. The molecule has 0 aliphatic carbocycles. The number of piperidine rings is 2. The van der Waals surface area contributed by atoms with Gasteiger partial charge in [-0.1, -0.05) is 20.3 Å². The van der Waals surface area contributed by atoms with Crippen molar-refractivity contribution in [3.8, 4) is 0 Å². The minimum atomic E-state index is -0.734. The fourth-order valence-electron chi connectivity index (χ4n) is 4.08. The summed E-state index contributed by atoms with van der Waals surface area (Å²) in [5.41, 5.74) is 0. The van der Waals surface area contributed by atoms with Gasteiger partial charge in [-0.15, -0.1) is 0 Å². The maximum atomic E-state index is 13.1. The first kappa shape index (κ1) is 18.2. The Bertz CT molecular complexity index is 405. The van der Waals surface area contributed by atoms with E-state index in [0.29, 0.717) is 18.3 Å². The number of likely N-dealkylation sites (tertiary alicyclic amines) is 2. The second-order valence-corrected chi connectivity index (χ2v) is 7.51. The Morgan fingerprint density at radius 1 is 1.09 bits per heavy atom. The van der Waals surface area contributed by atoms with Gasteiger partial charge in [-0.3, -0.25) is 14.5 Å². The zero-order chi connectivity index (χ0) is 16.8. The van der Waals surface area contributed by atoms with Crippen LogP contribution in [-0.2, 0) is 9.59 Å². The highest BCUT2D eigenvalue weighted by Gasteiger charge is 2.34. The highest BCUT2D eigenvalue weighted by Crippen LogP contribution is 2.25. The van der Waals surface area contributed by atoms with Gasteiger partial charge in [0.05, 0.1) is 6.04 Å². The first-order valence-corrected chi connectivity index (χ1v) is 9.23. The molecule has 0 aromatic carbocycles. The van der Waals surface area contributed by atoms with E-state index in [1.54, 1.807) is 0 Å². The third-order valence-corrected chi connectivity index (χ3v) is 5.27. The lowest BCUT2D eigenvalue weighted by molar-refractivity contribution is -0.141. The fourth-order valence-corrected chi connectivity index (χ4v) is 4.08. The molecule has 2 aliphatic rings. The number of hydrogen-bond donors (Lipinski definition) is 1. The third kappa shape index (κ3) is 5.20. The van der Waals surface area contributed by atoms with Crippen LogP contribution in [0.15, 0.2) is 0 Å². The number of aliphatic carboxylic acids is 1. The zero-order valence-corrected chi connectivity index (χ0v) is 14.7. The normalized spacial score (nSPS) is 24.7. The summed E-state index contributed by atoms with van der Waals surface area (Å²) in [6.07, 6.45) is 6.61. The smallest absolute Gasteiger partial charge is 0.303 e. The number of carboxylic acids is 1. The Labute approximate surface area is 140 Å². The van der Waals surface area contributed by atoms with Crippen molar-refractivity contribution < 1.29 is 14.7 Å². The Kier molecular flexibility index (Phi) is 6.88. The SMILES string of the molecule is CC(C)C(C(=O)N1CCCC(CCC(=O)O)C1)N1CCCCC1. The summed E-state index contributed by atoms with van der Waals surface area (Å²) in [6, 6.07) is -0.00600. The standard InChI is InChI=1S/C18H32N2O3/c1-14(2)17(19-10-4-3-5-11-19)18(23)20-12-6-7-15(13-20)8-9-16(21)22/h14-15,17H,3-13H2,1-2H3,(H,21,22). The lowest BCUT2D eigenvalue weighted by Crippen LogP contribution is -2.54. The molecule has 2 atom stereocenters. The van der Waals surface area contributed by atoms with E-state index in [1.807, 2.05) is 4.90 Å². The van der Waals surface area contributed by atoms with Crippen molar-refractivity contribution in [2.45, 2.75) is 64.8 Å². The second-order valence-electron chi connectivity index (χ2n) is 7.51. The van der Waals surface area contributed by atoms with E-state index in [2.05, 4.69) is 18.7 Å². The molecule has 2 aliphatic heterocycles. The first-order chi connectivity index (χ1) is 11.0. The maximum Gasteiger partial charge on any atom is 0.303 e. The molecule has 5 nitrogen and oxygen atoms in total. The molecule has 0 aromatic rings. The fraction of sp³-hybridized carbons (Fsp3) is 0.889. The monoisotopic (exact) mass is 324 g/mol. The minimum absolute atomic E-state index is 0.00600. The number of carbonyl (C=O) groups excluding carboxylic acids is 1. The van der Waals surface area contributed by atoms with Crippen molar-refractivity contribution in [3.05, 3.63) is 0 Å². The predicted octanol–water partition coefficient (Wildman–Crippen LogP) is 2.60. The van der Waals surface area contributed by atoms with E-state index in [9.17, 15) is 9.59 Å². The molecule has 0 spiro atoms. The molecule has 0 aromatic heterocycles. The Balaban J connectivity index is 1.96. The van der Waals surface area contributed by atoms with Crippen molar-refractivity contribution in [2.75, 3.05) is 26.2 Å². The van der Waals surface area contributed by atoms with Crippen molar-refractivity contribution in [1.82, 2.24) is 9.80 Å². The molecule has 2 unspecified atom stereocenters. The average Bonchev–Trinajstić information content (AvgIpc) is 2.54. The summed E-state index contributed by atoms with van der Waals surface area (Å²) in [6.45, 7) is 7.92. The molecule has 1 amide bonds. The van der Waals surface area contributed by atoms with Crippen LogP contribution in [0.1, 0.15) is 58.8 Å². The Morgan fingerprint density at radius 2 is 1.78 bits per heavy atom. The molecular formula is C18H32N2O3. The summed E-state index contributed by atoms with van der Waals surface area (Å²) in [7, 11) is 0. The minimum Gasteiger partial charge on any atom is -0.481 e. The average molecular weight is 324 g/mol. The molecule has 2 heterocycles. The van der Waals surface area contributed by atoms with Gasteiger partial charge in [0.25, 0.3) is 0 Å². The predicted molar refractivity (Wildman–Crippen MR) is 90.2 cm³/mol. The first-order valence-electron chi connectivity index (χ1n) is 9.23. The van der Waals surface area contributed by atoms with Gasteiger partial charge >= 0.3 is 5.97 Å². The molecule has 2 saturated heterocycles. The quantitative estimate of drug-likeness (QED) is 0.816. The van der Waals surface area contributed by atoms with Gasteiger partial charge in [0.15, 0.2) is 0 Å². The number of nitrogens with zero attached hydrogens (tertiary/aromatic N) is 2. The highest BCUT2D eigenvalue weighted by molar-refractivity contribution is 5.82. The second kappa shape index (κ2) is 8.67. The van der Waals surface area contributed by atoms with E-state index in [0.717, 1.165) is 39.0 Å². The summed E-state index contributed by atoms with van der Waals surface area (Å²) in [5, 5.41) is 8.86. The zero-order valence-electron chi connectivity index (χ0n) is 14.7. The molecule has 0 bridgehead atoms. The Hall–Kier alpha value is -1.10. The van der Waals surface area contributed by atoms with E-state index < -0.39 is 5.97 Å². The number of amides is 1. The van der Waals surface area contributed by atoms with Gasteiger partial charge < -0.3 is 10.0 Å². The van der Waals surface area contributed by atoms with E-state index in [-0.39, 0.29) is 18.4 Å². The molecule has 0 radical (unpaired) electrons. The third-order valence-electron chi connectivity index (χ3n) is 5.27. The van der Waals surface area contributed by atoms with Gasteiger partial charge in [0, 0.05) is 19.5 Å². The van der Waals surface area contributed by atoms with E-state index in [1.165, 1.54) is 19.3 Å². The van der Waals surface area contributed by atoms with Gasteiger partial charge in [-0.05, 0) is 57.0 Å². The van der Waals surface area contributed by atoms with Crippen LogP contribution in [0.4, 0.5) is 0 Å². The van der Waals surface area contributed by atoms with Crippen LogP contribution in [0.2, 0.25) is 0 Å². The van der Waals surface area contributed by atoms with Gasteiger partial charge in [0.1, 0.15) is 0 Å². The van der Waals surface area contributed by atoms with E-state index >= 15 is 0 Å². The summed E-state index contributed by atoms with van der Waals surface area (Å²) < 4.78 is 0. The molecule has 5 heteroatoms.